The molecule has 0 aromatic heterocycles. The molecule has 0 fully saturated rings. The van der Waals surface area contributed by atoms with Gasteiger partial charge in [0.05, 0.1) is 0 Å². The van der Waals surface area contributed by atoms with Crippen LogP contribution in [0.2, 0.25) is 0 Å². The lowest BCUT2D eigenvalue weighted by atomic mass is 9.88. The molecule has 0 aliphatic heterocycles. The molecule has 1 rings (SSSR count). The van der Waals surface area contributed by atoms with Gasteiger partial charge in [-0.1, -0.05) is 322 Å². The van der Waals surface area contributed by atoms with Gasteiger partial charge in [0.25, 0.3) is 0 Å². The Kier molecular flexibility index (Phi) is 47.4. The zero-order chi connectivity index (χ0) is 44.5. The fourth-order valence-corrected chi connectivity index (χ4v) is 10.3. The van der Waals surface area contributed by atoms with Gasteiger partial charge in [-0.25, -0.2) is 0 Å². The highest BCUT2D eigenvalue weighted by Crippen LogP contribution is 2.26. The largest absolute Gasteiger partial charge is 0.326 e. The number of nitrogens with two attached hydrogens (primary N) is 1. The molecular formula is C61H117N. The smallest absolute Gasteiger partial charge is 0.0178 e. The van der Waals surface area contributed by atoms with Crippen molar-refractivity contribution < 1.29 is 0 Å². The van der Waals surface area contributed by atoms with Crippen molar-refractivity contribution in [3.05, 3.63) is 34.4 Å². The molecule has 0 aliphatic rings. The SMILES string of the molecule is CCCCCCCCCCCCCCCCCCc1cc(CN)cc(CCCCCCCCCCCCCCCCCC)c1CCCCCCCCCCCCCCCCCC. The summed E-state index contributed by atoms with van der Waals surface area (Å²) >= 11 is 0. The van der Waals surface area contributed by atoms with Crippen molar-refractivity contribution in [2.24, 2.45) is 5.73 Å². The third kappa shape index (κ3) is 39.5. The Morgan fingerprint density at radius 1 is 0.242 bits per heavy atom. The molecule has 0 bridgehead atoms. The minimum Gasteiger partial charge on any atom is -0.326 e. The van der Waals surface area contributed by atoms with Gasteiger partial charge in [-0.3, -0.25) is 0 Å². The van der Waals surface area contributed by atoms with E-state index >= 15 is 0 Å². The Morgan fingerprint density at radius 2 is 0.419 bits per heavy atom. The Balaban J connectivity index is 2.42. The van der Waals surface area contributed by atoms with Crippen molar-refractivity contribution in [3.8, 4) is 0 Å². The van der Waals surface area contributed by atoms with E-state index in [1.54, 1.807) is 16.7 Å². The van der Waals surface area contributed by atoms with E-state index in [4.69, 9.17) is 5.73 Å². The molecule has 0 heterocycles. The predicted octanol–water partition coefficient (Wildman–Crippen LogP) is 21.6. The second-order valence-electron chi connectivity index (χ2n) is 20.8. The molecule has 0 saturated heterocycles. The molecule has 0 saturated carbocycles. The van der Waals surface area contributed by atoms with Crippen LogP contribution in [0.3, 0.4) is 0 Å². The number of benzene rings is 1. The zero-order valence-corrected chi connectivity index (χ0v) is 43.5. The van der Waals surface area contributed by atoms with Crippen molar-refractivity contribution in [2.45, 2.75) is 355 Å². The lowest BCUT2D eigenvalue weighted by molar-refractivity contribution is 0.527. The highest BCUT2D eigenvalue weighted by Gasteiger charge is 2.12. The first-order valence-corrected chi connectivity index (χ1v) is 29.6. The summed E-state index contributed by atoms with van der Waals surface area (Å²) in [6.45, 7) is 7.64. The Morgan fingerprint density at radius 3 is 0.613 bits per heavy atom. The summed E-state index contributed by atoms with van der Waals surface area (Å²) in [5, 5.41) is 0. The summed E-state index contributed by atoms with van der Waals surface area (Å²) in [7, 11) is 0. The van der Waals surface area contributed by atoms with Crippen LogP contribution >= 0.6 is 0 Å². The van der Waals surface area contributed by atoms with E-state index in [0.717, 1.165) is 0 Å². The molecule has 0 unspecified atom stereocenters. The molecule has 1 aromatic carbocycles. The first-order chi connectivity index (χ1) is 30.8. The van der Waals surface area contributed by atoms with Gasteiger partial charge < -0.3 is 5.73 Å². The van der Waals surface area contributed by atoms with Crippen LogP contribution in [-0.2, 0) is 25.8 Å². The zero-order valence-electron chi connectivity index (χ0n) is 43.5. The Bertz CT molecular complexity index is 938. The van der Waals surface area contributed by atoms with E-state index in [1.165, 1.54) is 333 Å². The van der Waals surface area contributed by atoms with Gasteiger partial charge in [0.1, 0.15) is 0 Å². The monoisotopic (exact) mass is 864 g/mol. The number of unbranched alkanes of at least 4 members (excludes halogenated alkanes) is 45. The Labute approximate surface area is 393 Å². The van der Waals surface area contributed by atoms with Gasteiger partial charge in [0, 0.05) is 6.54 Å². The van der Waals surface area contributed by atoms with Crippen LogP contribution in [-0.4, -0.2) is 0 Å². The highest BCUT2D eigenvalue weighted by atomic mass is 14.5. The summed E-state index contributed by atoms with van der Waals surface area (Å²) < 4.78 is 0. The molecule has 0 radical (unpaired) electrons. The first-order valence-electron chi connectivity index (χ1n) is 29.6. The van der Waals surface area contributed by atoms with Crippen LogP contribution in [0.25, 0.3) is 0 Å². The van der Waals surface area contributed by atoms with E-state index in [2.05, 4.69) is 32.9 Å². The maximum absolute atomic E-state index is 6.36. The number of hydrogen-bond acceptors (Lipinski definition) is 1. The van der Waals surface area contributed by atoms with E-state index in [9.17, 15) is 0 Å². The fraction of sp³-hybridized carbons (Fsp3) is 0.902. The minimum absolute atomic E-state index is 0.692. The van der Waals surface area contributed by atoms with Crippen molar-refractivity contribution in [3.63, 3.8) is 0 Å². The molecule has 0 spiro atoms. The van der Waals surface area contributed by atoms with Gasteiger partial charge in [0.15, 0.2) is 0 Å². The van der Waals surface area contributed by atoms with Crippen LogP contribution < -0.4 is 5.73 Å². The normalized spacial score (nSPS) is 11.7. The molecule has 0 amide bonds. The van der Waals surface area contributed by atoms with E-state index in [-0.39, 0.29) is 0 Å². The summed E-state index contributed by atoms with van der Waals surface area (Å²) in [6, 6.07) is 5.06. The second-order valence-corrected chi connectivity index (χ2v) is 20.8. The molecule has 1 aromatic rings. The molecule has 2 N–H and O–H groups in total. The van der Waals surface area contributed by atoms with E-state index in [0.29, 0.717) is 6.54 Å². The van der Waals surface area contributed by atoms with Gasteiger partial charge in [-0.15, -0.1) is 0 Å². The molecule has 0 atom stereocenters. The average molecular weight is 865 g/mol. The maximum Gasteiger partial charge on any atom is 0.0178 e. The average Bonchev–Trinajstić information content (AvgIpc) is 3.28. The fourth-order valence-electron chi connectivity index (χ4n) is 10.3. The van der Waals surface area contributed by atoms with Crippen LogP contribution in [0.4, 0.5) is 0 Å². The van der Waals surface area contributed by atoms with Crippen LogP contribution in [0.1, 0.15) is 351 Å². The third-order valence-corrected chi connectivity index (χ3v) is 14.6. The van der Waals surface area contributed by atoms with Gasteiger partial charge in [-0.05, 0) is 60.8 Å². The molecule has 62 heavy (non-hydrogen) atoms. The predicted molar refractivity (Wildman–Crippen MR) is 284 cm³/mol. The number of rotatable bonds is 52. The molecule has 1 nitrogen and oxygen atoms in total. The third-order valence-electron chi connectivity index (χ3n) is 14.6. The first kappa shape index (κ1) is 59.2. The van der Waals surface area contributed by atoms with Crippen molar-refractivity contribution in [1.29, 1.82) is 0 Å². The van der Waals surface area contributed by atoms with Crippen molar-refractivity contribution >= 4 is 0 Å². The van der Waals surface area contributed by atoms with Crippen LogP contribution in [0.5, 0.6) is 0 Å². The lowest BCUT2D eigenvalue weighted by Crippen LogP contribution is -2.06. The van der Waals surface area contributed by atoms with Crippen LogP contribution in [0, 0.1) is 0 Å². The lowest BCUT2D eigenvalue weighted by Gasteiger charge is -2.18. The molecule has 1 heteroatoms. The molecular weight excluding hydrogens is 747 g/mol. The topological polar surface area (TPSA) is 26.0 Å². The molecule has 0 aliphatic carbocycles. The van der Waals surface area contributed by atoms with Crippen LogP contribution in [0.15, 0.2) is 12.1 Å². The number of hydrogen-bond donors (Lipinski definition) is 1. The summed E-state index contributed by atoms with van der Waals surface area (Å²) in [6.07, 6.45) is 73.1. The summed E-state index contributed by atoms with van der Waals surface area (Å²) in [5.74, 6) is 0. The second kappa shape index (κ2) is 49.6. The minimum atomic E-state index is 0.692. The maximum atomic E-state index is 6.36. The standard InChI is InChI=1S/C61H117N/c1-4-7-10-13-16-19-22-25-28-31-34-37-40-43-46-49-52-59-55-58(57-62)56-60(53-50-47-44-41-38-35-32-29-26-23-20-17-14-11-8-5-2)61(59)54-51-48-45-42-39-36-33-30-27-24-21-18-15-12-9-6-3/h55-56H,4-54,57,62H2,1-3H3. The summed E-state index contributed by atoms with van der Waals surface area (Å²) in [5.41, 5.74) is 12.8. The van der Waals surface area contributed by atoms with E-state index < -0.39 is 0 Å². The van der Waals surface area contributed by atoms with Crippen molar-refractivity contribution in [1.82, 2.24) is 0 Å². The summed E-state index contributed by atoms with van der Waals surface area (Å²) in [4.78, 5) is 0. The quantitative estimate of drug-likeness (QED) is 0.0649. The number of aryl methyl sites for hydroxylation is 2. The van der Waals surface area contributed by atoms with Gasteiger partial charge in [-0.2, -0.15) is 0 Å². The van der Waals surface area contributed by atoms with Gasteiger partial charge in [0.2, 0.25) is 0 Å². The van der Waals surface area contributed by atoms with Crippen molar-refractivity contribution in [2.75, 3.05) is 0 Å². The highest BCUT2D eigenvalue weighted by molar-refractivity contribution is 5.40. The molecule has 366 valence electrons. The van der Waals surface area contributed by atoms with E-state index in [1.807, 2.05) is 0 Å². The Hall–Kier alpha value is -0.820. The van der Waals surface area contributed by atoms with Gasteiger partial charge >= 0.3 is 0 Å².